The summed E-state index contributed by atoms with van der Waals surface area (Å²) in [7, 11) is 0. The second-order valence-corrected chi connectivity index (χ2v) is 18.4. The Balaban J connectivity index is 1.15. The highest BCUT2D eigenvalue weighted by atomic mass is 15.1. The Labute approximate surface area is 385 Å². The summed E-state index contributed by atoms with van der Waals surface area (Å²) in [5.74, 6) is 3.01. The van der Waals surface area contributed by atoms with Gasteiger partial charge in [0.15, 0.2) is 0 Å². The van der Waals surface area contributed by atoms with Crippen LogP contribution in [0.2, 0.25) is 0 Å². The first-order valence-electron chi connectivity index (χ1n) is 23.2. The first kappa shape index (κ1) is 43.0. The van der Waals surface area contributed by atoms with Gasteiger partial charge in [-0.2, -0.15) is 0 Å². The van der Waals surface area contributed by atoms with Gasteiger partial charge in [0.25, 0.3) is 0 Å². The van der Waals surface area contributed by atoms with Gasteiger partial charge in [0.1, 0.15) is 11.6 Å². The summed E-state index contributed by atoms with van der Waals surface area (Å²) in [6.45, 7) is 18.3. The van der Waals surface area contributed by atoms with Crippen molar-refractivity contribution >= 4 is 17.1 Å². The molecule has 0 fully saturated rings. The average Bonchev–Trinajstić information content (AvgIpc) is 4.03. The van der Waals surface area contributed by atoms with Crippen molar-refractivity contribution in [2.45, 2.75) is 79.1 Å². The average molecular weight is 850 g/mol. The summed E-state index contributed by atoms with van der Waals surface area (Å²) >= 11 is 0. The molecular weight excluding hydrogens is 791 g/mol. The van der Waals surface area contributed by atoms with Gasteiger partial charge in [0, 0.05) is 53.0 Å². The third-order valence-electron chi connectivity index (χ3n) is 12.5. The van der Waals surface area contributed by atoms with Gasteiger partial charge in [-0.1, -0.05) is 159 Å². The van der Waals surface area contributed by atoms with E-state index in [1.54, 1.807) is 0 Å². The fourth-order valence-corrected chi connectivity index (χ4v) is 9.26. The van der Waals surface area contributed by atoms with Gasteiger partial charge >= 0.3 is 0 Å². The zero-order valence-electron chi connectivity index (χ0n) is 38.9. The summed E-state index contributed by atoms with van der Waals surface area (Å²) in [4.78, 5) is 12.5. The SMILES string of the molecule is CC(C)c1cc(-c2ccccc2)cc(C(C)C)c1-n1ccnc1-c1cccc(N(c2ccccc2)c2cccc(-c3nccn3-c3c(C(C)C)cc(-c4ccccc4)cc3C(C)C)c2)c1. The van der Waals surface area contributed by atoms with Crippen LogP contribution < -0.4 is 4.90 Å². The largest absolute Gasteiger partial charge is 0.310 e. The van der Waals surface area contributed by atoms with Crippen LogP contribution in [0, 0.1) is 0 Å². The van der Waals surface area contributed by atoms with Crippen LogP contribution in [-0.2, 0) is 0 Å². The topological polar surface area (TPSA) is 38.9 Å². The van der Waals surface area contributed by atoms with E-state index in [0.29, 0.717) is 23.7 Å². The summed E-state index contributed by atoms with van der Waals surface area (Å²) in [6.07, 6.45) is 8.13. The highest BCUT2D eigenvalue weighted by Gasteiger charge is 2.24. The molecule has 0 bridgehead atoms. The molecule has 0 aliphatic carbocycles. The summed E-state index contributed by atoms with van der Waals surface area (Å²) in [5.41, 5.74) is 17.8. The standard InChI is InChI=1S/C60H59N5/c1-40(2)53-36-48(44-20-12-9-13-21-44)37-54(41(3)4)57(53)63-32-30-61-59(63)46-24-18-28-51(34-46)65(50-26-16-11-17-27-50)52-29-19-25-47(35-52)60-62-31-33-64(60)58-55(42(5)6)38-49(39-56(58)43(7)8)45-22-14-10-15-23-45/h9-43H,1-8H3. The highest BCUT2D eigenvalue weighted by Crippen LogP contribution is 2.42. The third-order valence-corrected chi connectivity index (χ3v) is 12.5. The first-order valence-corrected chi connectivity index (χ1v) is 23.2. The molecule has 0 unspecified atom stereocenters. The molecule has 9 rings (SSSR count). The quantitative estimate of drug-likeness (QED) is 0.116. The lowest BCUT2D eigenvalue weighted by Crippen LogP contribution is -2.11. The molecule has 0 aliphatic rings. The van der Waals surface area contributed by atoms with E-state index in [-0.39, 0.29) is 0 Å². The second-order valence-electron chi connectivity index (χ2n) is 18.4. The molecule has 2 aromatic heterocycles. The predicted molar refractivity (Wildman–Crippen MR) is 273 cm³/mol. The molecule has 0 amide bonds. The zero-order chi connectivity index (χ0) is 45.2. The van der Waals surface area contributed by atoms with Crippen LogP contribution in [-0.4, -0.2) is 19.1 Å². The fraction of sp³-hybridized carbons (Fsp3) is 0.200. The number of imidazole rings is 2. The third kappa shape index (κ3) is 8.59. The number of benzene rings is 7. The van der Waals surface area contributed by atoms with Crippen molar-refractivity contribution in [2.75, 3.05) is 4.90 Å². The van der Waals surface area contributed by atoms with Crippen molar-refractivity contribution in [3.8, 4) is 56.4 Å². The van der Waals surface area contributed by atoms with Crippen LogP contribution in [0.25, 0.3) is 56.4 Å². The molecule has 0 atom stereocenters. The molecule has 2 heterocycles. The summed E-state index contributed by atoms with van der Waals surface area (Å²) in [5, 5.41) is 0. The summed E-state index contributed by atoms with van der Waals surface area (Å²) < 4.78 is 4.63. The van der Waals surface area contributed by atoms with E-state index in [4.69, 9.17) is 9.97 Å². The number of anilines is 3. The second kappa shape index (κ2) is 18.5. The molecule has 0 aliphatic heterocycles. The van der Waals surface area contributed by atoms with Gasteiger partial charge in [-0.05, 0) is 129 Å². The van der Waals surface area contributed by atoms with Crippen LogP contribution in [0.1, 0.15) is 101 Å². The number of nitrogens with zero attached hydrogens (tertiary/aromatic N) is 5. The lowest BCUT2D eigenvalue weighted by atomic mass is 9.88. The maximum absolute atomic E-state index is 5.07. The highest BCUT2D eigenvalue weighted by molar-refractivity contribution is 5.82. The van der Waals surface area contributed by atoms with Crippen LogP contribution >= 0.6 is 0 Å². The van der Waals surface area contributed by atoms with E-state index in [0.717, 1.165) is 39.8 Å². The molecule has 9 aromatic rings. The minimum Gasteiger partial charge on any atom is -0.310 e. The Morgan fingerprint density at radius 2 is 0.662 bits per heavy atom. The Morgan fingerprint density at radius 1 is 0.338 bits per heavy atom. The van der Waals surface area contributed by atoms with Gasteiger partial charge in [-0.15, -0.1) is 0 Å². The molecule has 324 valence electrons. The number of para-hydroxylation sites is 1. The van der Waals surface area contributed by atoms with Crippen LogP contribution in [0.5, 0.6) is 0 Å². The van der Waals surface area contributed by atoms with Gasteiger partial charge in [-0.3, -0.25) is 9.13 Å². The monoisotopic (exact) mass is 849 g/mol. The smallest absolute Gasteiger partial charge is 0.144 e. The van der Waals surface area contributed by atoms with Crippen LogP contribution in [0.15, 0.2) is 189 Å². The van der Waals surface area contributed by atoms with Gasteiger partial charge < -0.3 is 4.90 Å². The molecule has 0 spiro atoms. The summed E-state index contributed by atoms with van der Waals surface area (Å²) in [6, 6.07) is 59.2. The lowest BCUT2D eigenvalue weighted by Gasteiger charge is -2.27. The maximum Gasteiger partial charge on any atom is 0.144 e. The van der Waals surface area contributed by atoms with Gasteiger partial charge in [-0.25, -0.2) is 9.97 Å². The van der Waals surface area contributed by atoms with Gasteiger partial charge in [0.05, 0.1) is 11.4 Å². The lowest BCUT2D eigenvalue weighted by molar-refractivity contribution is 0.807. The number of aromatic nitrogens is 4. The molecule has 5 heteroatoms. The molecule has 0 radical (unpaired) electrons. The van der Waals surface area contributed by atoms with Crippen LogP contribution in [0.4, 0.5) is 17.1 Å². The van der Waals surface area contributed by atoms with Crippen LogP contribution in [0.3, 0.4) is 0 Å². The number of rotatable bonds is 13. The van der Waals surface area contributed by atoms with E-state index in [9.17, 15) is 0 Å². The molecule has 0 saturated carbocycles. The van der Waals surface area contributed by atoms with Crippen molar-refractivity contribution in [3.05, 3.63) is 211 Å². The minimum absolute atomic E-state index is 0.298. The molecule has 5 nitrogen and oxygen atoms in total. The fourth-order valence-electron chi connectivity index (χ4n) is 9.26. The van der Waals surface area contributed by atoms with Crippen molar-refractivity contribution in [3.63, 3.8) is 0 Å². The Hall–Kier alpha value is -7.24. The predicted octanol–water partition coefficient (Wildman–Crippen LogP) is 16.7. The van der Waals surface area contributed by atoms with Crippen molar-refractivity contribution in [1.29, 1.82) is 0 Å². The zero-order valence-corrected chi connectivity index (χ0v) is 38.9. The van der Waals surface area contributed by atoms with E-state index in [1.165, 1.54) is 55.9 Å². The normalized spacial score (nSPS) is 11.6. The minimum atomic E-state index is 0.298. The molecule has 0 N–H and O–H groups in total. The maximum atomic E-state index is 5.07. The first-order chi connectivity index (χ1) is 31.6. The van der Waals surface area contributed by atoms with E-state index < -0.39 is 0 Å². The molecular formula is C60H59N5. The van der Waals surface area contributed by atoms with E-state index in [2.05, 4.69) is 246 Å². The van der Waals surface area contributed by atoms with E-state index >= 15 is 0 Å². The van der Waals surface area contributed by atoms with Crippen molar-refractivity contribution in [2.24, 2.45) is 0 Å². The molecule has 65 heavy (non-hydrogen) atoms. The van der Waals surface area contributed by atoms with Crippen molar-refractivity contribution in [1.82, 2.24) is 19.1 Å². The van der Waals surface area contributed by atoms with Crippen molar-refractivity contribution < 1.29 is 0 Å². The molecule has 0 saturated heterocycles. The Morgan fingerprint density at radius 3 is 1.02 bits per heavy atom. The number of hydrogen-bond acceptors (Lipinski definition) is 3. The van der Waals surface area contributed by atoms with E-state index in [1.807, 2.05) is 12.4 Å². The number of hydrogen-bond donors (Lipinski definition) is 0. The Bertz CT molecular complexity index is 2800. The molecule has 7 aromatic carbocycles. The Kier molecular flexibility index (Phi) is 12.2. The van der Waals surface area contributed by atoms with Gasteiger partial charge in [0.2, 0.25) is 0 Å².